The van der Waals surface area contributed by atoms with Gasteiger partial charge in [0.25, 0.3) is 5.91 Å². The lowest BCUT2D eigenvalue weighted by Crippen LogP contribution is -2.30. The minimum Gasteiger partial charge on any atom is -0.496 e. The second-order valence-corrected chi connectivity index (χ2v) is 6.82. The molecule has 0 aliphatic carbocycles. The third-order valence-corrected chi connectivity index (χ3v) is 4.96. The molecule has 1 aromatic rings. The van der Waals surface area contributed by atoms with E-state index in [4.69, 9.17) is 22.1 Å². The smallest absolute Gasteiger partial charge is 0.305 e. The maximum absolute atomic E-state index is 12.4. The zero-order valence-electron chi connectivity index (χ0n) is 13.1. The Balaban J connectivity index is 2.27. The molecule has 0 aromatic heterocycles. The van der Waals surface area contributed by atoms with Crippen molar-refractivity contribution < 1.29 is 19.4 Å². The number of carboxylic acids is 1. The lowest BCUT2D eigenvalue weighted by molar-refractivity contribution is -0.137. The van der Waals surface area contributed by atoms with Crippen LogP contribution in [0, 0.1) is 13.8 Å². The van der Waals surface area contributed by atoms with Gasteiger partial charge in [-0.1, -0.05) is 30.0 Å². The van der Waals surface area contributed by atoms with Gasteiger partial charge in [-0.25, -0.2) is 0 Å². The van der Waals surface area contributed by atoms with Crippen LogP contribution in [0.4, 0.5) is 0 Å². The van der Waals surface area contributed by atoms with Crippen LogP contribution in [0.1, 0.15) is 23.1 Å². The normalized spacial score (nSPS) is 16.3. The van der Waals surface area contributed by atoms with E-state index in [9.17, 15) is 9.59 Å². The number of carboxylic acid groups (broad SMARTS) is 1. The van der Waals surface area contributed by atoms with E-state index in [1.807, 2.05) is 26.0 Å². The molecule has 1 amide bonds. The summed E-state index contributed by atoms with van der Waals surface area (Å²) in [7, 11) is 1.61. The molecule has 7 heteroatoms. The first-order valence-electron chi connectivity index (χ1n) is 6.96. The number of aliphatic carboxylic acids is 1. The Kier molecular flexibility index (Phi) is 5.43. The van der Waals surface area contributed by atoms with Crippen molar-refractivity contribution in [1.82, 2.24) is 4.90 Å². The maximum atomic E-state index is 12.4. The van der Waals surface area contributed by atoms with Gasteiger partial charge in [-0.3, -0.25) is 14.5 Å². The fourth-order valence-electron chi connectivity index (χ4n) is 2.20. The summed E-state index contributed by atoms with van der Waals surface area (Å²) in [6.45, 7) is 4.05. The molecule has 1 saturated heterocycles. The number of amides is 1. The second kappa shape index (κ2) is 7.14. The van der Waals surface area contributed by atoms with Crippen LogP contribution in [0.25, 0.3) is 6.08 Å². The summed E-state index contributed by atoms with van der Waals surface area (Å²) in [5.41, 5.74) is 2.97. The fraction of sp³-hybridized carbons (Fsp3) is 0.312. The van der Waals surface area contributed by atoms with E-state index < -0.39 is 5.97 Å². The number of thioether (sulfide) groups is 1. The number of hydrogen-bond acceptors (Lipinski definition) is 5. The van der Waals surface area contributed by atoms with E-state index >= 15 is 0 Å². The molecule has 23 heavy (non-hydrogen) atoms. The number of rotatable bonds is 5. The first-order chi connectivity index (χ1) is 10.8. The molecule has 0 unspecified atom stereocenters. The molecule has 0 bridgehead atoms. The van der Waals surface area contributed by atoms with Gasteiger partial charge in [0.1, 0.15) is 10.1 Å². The van der Waals surface area contributed by atoms with Crippen molar-refractivity contribution in [3.05, 3.63) is 33.7 Å². The van der Waals surface area contributed by atoms with Crippen molar-refractivity contribution in [2.24, 2.45) is 0 Å². The Bertz CT molecular complexity index is 712. The molecule has 0 saturated carbocycles. The summed E-state index contributed by atoms with van der Waals surface area (Å²) in [5.74, 6) is -0.446. The molecule has 1 aliphatic heterocycles. The highest BCUT2D eigenvalue weighted by molar-refractivity contribution is 8.26. The number of thiocarbonyl (C=S) groups is 1. The maximum Gasteiger partial charge on any atom is 0.305 e. The van der Waals surface area contributed by atoms with Crippen LogP contribution in [0.2, 0.25) is 0 Å². The summed E-state index contributed by atoms with van der Waals surface area (Å²) in [6, 6.07) is 3.84. The zero-order chi connectivity index (χ0) is 17.1. The average molecular weight is 351 g/mol. The third-order valence-electron chi connectivity index (χ3n) is 3.58. The molecule has 5 nitrogen and oxygen atoms in total. The van der Waals surface area contributed by atoms with Crippen molar-refractivity contribution in [2.45, 2.75) is 20.3 Å². The fourth-order valence-corrected chi connectivity index (χ4v) is 3.51. The lowest BCUT2D eigenvalue weighted by Gasteiger charge is -2.12. The van der Waals surface area contributed by atoms with Crippen LogP contribution >= 0.6 is 24.0 Å². The van der Waals surface area contributed by atoms with Gasteiger partial charge in [-0.15, -0.1) is 0 Å². The highest BCUT2D eigenvalue weighted by Gasteiger charge is 2.32. The Hall–Kier alpha value is -1.86. The Morgan fingerprint density at radius 1 is 1.43 bits per heavy atom. The summed E-state index contributed by atoms with van der Waals surface area (Å²) >= 11 is 6.35. The molecule has 2 rings (SSSR count). The van der Waals surface area contributed by atoms with E-state index in [0.717, 1.165) is 22.4 Å². The van der Waals surface area contributed by atoms with Crippen molar-refractivity contribution in [1.29, 1.82) is 0 Å². The van der Waals surface area contributed by atoms with E-state index in [0.29, 0.717) is 9.23 Å². The average Bonchev–Trinajstić information content (AvgIpc) is 2.74. The standard InChI is InChI=1S/C16H17NO4S2/c1-9-6-11(7-12(21-3)10(9)2)8-13-15(20)17(16(22)23-13)5-4-14(18)19/h6-8H,4-5H2,1-3H3,(H,18,19)/b13-8-. The van der Waals surface area contributed by atoms with Crippen molar-refractivity contribution in [3.8, 4) is 5.75 Å². The second-order valence-electron chi connectivity index (χ2n) is 5.14. The highest BCUT2D eigenvalue weighted by Crippen LogP contribution is 2.34. The Morgan fingerprint density at radius 3 is 2.74 bits per heavy atom. The van der Waals surface area contributed by atoms with Gasteiger partial charge in [0.15, 0.2) is 0 Å². The molecule has 1 fully saturated rings. The molecule has 0 spiro atoms. The van der Waals surface area contributed by atoms with Crippen LogP contribution in [-0.4, -0.2) is 39.9 Å². The van der Waals surface area contributed by atoms with Gasteiger partial charge in [-0.05, 0) is 42.7 Å². The van der Waals surface area contributed by atoms with E-state index in [2.05, 4.69) is 0 Å². The molecule has 1 aliphatic rings. The van der Waals surface area contributed by atoms with E-state index in [1.54, 1.807) is 13.2 Å². The van der Waals surface area contributed by atoms with Crippen molar-refractivity contribution in [2.75, 3.05) is 13.7 Å². The third kappa shape index (κ3) is 3.92. The zero-order valence-corrected chi connectivity index (χ0v) is 14.7. The van der Waals surface area contributed by atoms with Crippen LogP contribution in [0.3, 0.4) is 0 Å². The molecule has 0 radical (unpaired) electrons. The van der Waals surface area contributed by atoms with Crippen molar-refractivity contribution in [3.63, 3.8) is 0 Å². The SMILES string of the molecule is COc1cc(/C=C2\SC(=S)N(CCC(=O)O)C2=O)cc(C)c1C. The van der Waals surface area contributed by atoms with Gasteiger partial charge >= 0.3 is 5.97 Å². The molecule has 1 heterocycles. The molecular weight excluding hydrogens is 334 g/mol. The monoisotopic (exact) mass is 351 g/mol. The molecule has 1 N–H and O–H groups in total. The Morgan fingerprint density at radius 2 is 2.13 bits per heavy atom. The molecule has 122 valence electrons. The van der Waals surface area contributed by atoms with Gasteiger partial charge < -0.3 is 9.84 Å². The number of nitrogens with zero attached hydrogens (tertiary/aromatic N) is 1. The summed E-state index contributed by atoms with van der Waals surface area (Å²) < 4.78 is 5.73. The lowest BCUT2D eigenvalue weighted by atomic mass is 10.0. The van der Waals surface area contributed by atoms with Crippen LogP contribution in [0.15, 0.2) is 17.0 Å². The number of ether oxygens (including phenoxy) is 1. The largest absolute Gasteiger partial charge is 0.496 e. The minimum absolute atomic E-state index is 0.0909. The minimum atomic E-state index is -0.957. The predicted octanol–water partition coefficient (Wildman–Crippen LogP) is 2.99. The summed E-state index contributed by atoms with van der Waals surface area (Å²) in [4.78, 5) is 24.9. The number of carbonyl (C=O) groups is 2. The summed E-state index contributed by atoms with van der Waals surface area (Å²) in [5, 5.41) is 8.75. The van der Waals surface area contributed by atoms with E-state index in [1.165, 1.54) is 16.7 Å². The number of hydrogen-bond donors (Lipinski definition) is 1. The van der Waals surface area contributed by atoms with Gasteiger partial charge in [0.2, 0.25) is 0 Å². The Labute approximate surface area is 144 Å². The van der Waals surface area contributed by atoms with E-state index in [-0.39, 0.29) is 18.9 Å². The number of methoxy groups -OCH3 is 1. The van der Waals surface area contributed by atoms with Gasteiger partial charge in [-0.2, -0.15) is 0 Å². The molecule has 0 atom stereocenters. The summed E-state index contributed by atoms with van der Waals surface area (Å²) in [6.07, 6.45) is 1.63. The van der Waals surface area contributed by atoms with Crippen LogP contribution in [-0.2, 0) is 9.59 Å². The topological polar surface area (TPSA) is 66.8 Å². The van der Waals surface area contributed by atoms with Crippen LogP contribution in [0.5, 0.6) is 5.75 Å². The first-order valence-corrected chi connectivity index (χ1v) is 8.18. The predicted molar refractivity (Wildman–Crippen MR) is 94.6 cm³/mol. The van der Waals surface area contributed by atoms with Crippen LogP contribution < -0.4 is 4.74 Å². The molecule has 1 aromatic carbocycles. The van der Waals surface area contributed by atoms with Crippen molar-refractivity contribution >= 4 is 46.3 Å². The van der Waals surface area contributed by atoms with Gasteiger partial charge in [0.05, 0.1) is 18.4 Å². The number of carbonyl (C=O) groups excluding carboxylic acids is 1. The quantitative estimate of drug-likeness (QED) is 0.650. The number of aryl methyl sites for hydroxylation is 1. The molecular formula is C16H17NO4S2. The first kappa shape index (κ1) is 17.5. The highest BCUT2D eigenvalue weighted by atomic mass is 32.2. The van der Waals surface area contributed by atoms with Gasteiger partial charge in [0, 0.05) is 6.54 Å². The number of benzene rings is 1.